The molecule has 0 saturated carbocycles. The topological polar surface area (TPSA) is 92.3 Å². The van der Waals surface area contributed by atoms with Crippen molar-refractivity contribution < 1.29 is 33.3 Å². The van der Waals surface area contributed by atoms with Crippen LogP contribution >= 0.6 is 0 Å². The Kier molecular flexibility index (Phi) is 7.02. The minimum absolute atomic E-state index is 0.0211. The van der Waals surface area contributed by atoms with Gasteiger partial charge in [0, 0.05) is 18.0 Å². The number of ether oxygens (including phenoxy) is 5. The maximum atomic E-state index is 13.4. The largest absolute Gasteiger partial charge is 0.493 e. The molecule has 1 N–H and O–H groups in total. The van der Waals surface area contributed by atoms with Gasteiger partial charge in [0.25, 0.3) is 0 Å². The number of rotatable bonds is 9. The first-order valence-corrected chi connectivity index (χ1v) is 10.00. The van der Waals surface area contributed by atoms with Crippen molar-refractivity contribution in [2.24, 2.45) is 0 Å². The van der Waals surface area contributed by atoms with Crippen LogP contribution in [0, 0.1) is 0 Å². The van der Waals surface area contributed by atoms with Crippen LogP contribution in [0.25, 0.3) is 0 Å². The monoisotopic (exact) mass is 429 g/mol. The number of nitrogens with one attached hydrogen (secondary N) is 1. The molecule has 1 atom stereocenters. The van der Waals surface area contributed by atoms with Crippen molar-refractivity contribution in [2.45, 2.75) is 26.3 Å². The lowest BCUT2D eigenvalue weighted by atomic mass is 9.92. The molecule has 2 aromatic rings. The molecule has 1 heterocycles. The predicted molar refractivity (Wildman–Crippen MR) is 114 cm³/mol. The molecule has 0 radical (unpaired) electrons. The fourth-order valence-electron chi connectivity index (χ4n) is 3.54. The van der Waals surface area contributed by atoms with Crippen LogP contribution in [-0.2, 0) is 11.2 Å². The summed E-state index contributed by atoms with van der Waals surface area (Å²) in [7, 11) is 4.72. The lowest BCUT2D eigenvalue weighted by Gasteiger charge is -2.18. The summed E-state index contributed by atoms with van der Waals surface area (Å²) in [5.41, 5.74) is 1.95. The van der Waals surface area contributed by atoms with E-state index in [0.717, 1.165) is 11.1 Å². The number of fused-ring (bicyclic) bond motifs is 1. The number of carbonyl (C=O) groups is 2. The molecule has 0 saturated heterocycles. The van der Waals surface area contributed by atoms with Gasteiger partial charge in [-0.25, -0.2) is 4.79 Å². The molecule has 0 aliphatic carbocycles. The first kappa shape index (κ1) is 22.4. The number of methoxy groups -OCH3 is 2. The summed E-state index contributed by atoms with van der Waals surface area (Å²) in [5, 5.41) is 3.19. The second-order valence-corrected chi connectivity index (χ2v) is 6.96. The summed E-state index contributed by atoms with van der Waals surface area (Å²) < 4.78 is 26.8. The first-order chi connectivity index (χ1) is 14.9. The normalized spacial score (nSPS) is 12.9. The fraction of sp³-hybridized carbons (Fsp3) is 0.391. The van der Waals surface area contributed by atoms with Gasteiger partial charge in [-0.05, 0) is 56.3 Å². The van der Waals surface area contributed by atoms with Crippen molar-refractivity contribution in [3.63, 3.8) is 0 Å². The van der Waals surface area contributed by atoms with Crippen molar-refractivity contribution >= 4 is 11.8 Å². The van der Waals surface area contributed by atoms with Gasteiger partial charge >= 0.3 is 5.97 Å². The Morgan fingerprint density at radius 2 is 1.84 bits per heavy atom. The summed E-state index contributed by atoms with van der Waals surface area (Å²) >= 11 is 0. The number of hydrogen-bond donors (Lipinski definition) is 1. The molecule has 8 nitrogen and oxygen atoms in total. The van der Waals surface area contributed by atoms with Gasteiger partial charge in [0.15, 0.2) is 28.8 Å². The van der Waals surface area contributed by atoms with E-state index in [1.807, 2.05) is 26.1 Å². The highest BCUT2D eigenvalue weighted by molar-refractivity contribution is 6.09. The number of carbonyl (C=O) groups excluding carboxylic acids is 2. The van der Waals surface area contributed by atoms with Crippen molar-refractivity contribution in [2.75, 3.05) is 34.7 Å². The van der Waals surface area contributed by atoms with Gasteiger partial charge in [0.2, 0.25) is 6.79 Å². The molecular weight excluding hydrogens is 402 g/mol. The Balaban J connectivity index is 2.05. The van der Waals surface area contributed by atoms with Gasteiger partial charge < -0.3 is 29.0 Å². The molecule has 1 unspecified atom stereocenters. The van der Waals surface area contributed by atoms with Gasteiger partial charge in [0.1, 0.15) is 5.56 Å². The lowest BCUT2D eigenvalue weighted by Crippen LogP contribution is -2.18. The molecule has 2 aromatic carbocycles. The average molecular weight is 429 g/mol. The molecule has 0 fully saturated rings. The van der Waals surface area contributed by atoms with E-state index >= 15 is 0 Å². The average Bonchev–Trinajstić information content (AvgIpc) is 3.24. The minimum Gasteiger partial charge on any atom is -0.493 e. The minimum atomic E-state index is -0.642. The van der Waals surface area contributed by atoms with E-state index in [2.05, 4.69) is 5.32 Å². The number of benzene rings is 2. The standard InChI is InChI=1S/C23H27NO7/c1-6-29-23(26)21-15(7-8-18(27-4)22(21)28-5)17(25)9-14-10-19-20(31-12-30-19)11-16(14)13(2)24-3/h7-8,10-11,13,24H,6,9,12H2,1-5H3. The fourth-order valence-corrected chi connectivity index (χ4v) is 3.54. The van der Waals surface area contributed by atoms with Crippen molar-refractivity contribution in [1.29, 1.82) is 0 Å². The molecular formula is C23H27NO7. The molecule has 0 amide bonds. The van der Waals surface area contributed by atoms with Gasteiger partial charge in [-0.15, -0.1) is 0 Å². The number of hydrogen-bond acceptors (Lipinski definition) is 8. The highest BCUT2D eigenvalue weighted by atomic mass is 16.7. The molecule has 0 bridgehead atoms. The SMILES string of the molecule is CCOC(=O)c1c(C(=O)Cc2cc3c(cc2C(C)NC)OCO3)ccc(OC)c1OC. The third-order valence-corrected chi connectivity index (χ3v) is 5.21. The van der Waals surface area contributed by atoms with Gasteiger partial charge in [0.05, 0.1) is 20.8 Å². The Hall–Kier alpha value is -3.26. The highest BCUT2D eigenvalue weighted by Gasteiger charge is 2.28. The molecule has 0 aromatic heterocycles. The van der Waals surface area contributed by atoms with Crippen LogP contribution in [0.5, 0.6) is 23.0 Å². The molecule has 1 aliphatic rings. The highest BCUT2D eigenvalue weighted by Crippen LogP contribution is 2.38. The number of ketones is 1. The molecule has 1 aliphatic heterocycles. The van der Waals surface area contributed by atoms with Crippen molar-refractivity contribution in [3.8, 4) is 23.0 Å². The van der Waals surface area contributed by atoms with Gasteiger partial charge in [-0.1, -0.05) is 0 Å². The Labute approximate surface area is 181 Å². The van der Waals surface area contributed by atoms with Crippen LogP contribution < -0.4 is 24.3 Å². The Morgan fingerprint density at radius 3 is 2.45 bits per heavy atom. The maximum Gasteiger partial charge on any atom is 0.342 e. The first-order valence-electron chi connectivity index (χ1n) is 10.00. The van der Waals surface area contributed by atoms with Crippen LogP contribution in [0.1, 0.15) is 51.7 Å². The van der Waals surface area contributed by atoms with E-state index in [-0.39, 0.29) is 48.5 Å². The van der Waals surface area contributed by atoms with Gasteiger partial charge in [-0.3, -0.25) is 4.79 Å². The summed E-state index contributed by atoms with van der Waals surface area (Å²) in [6.45, 7) is 4.00. The summed E-state index contributed by atoms with van der Waals surface area (Å²) in [4.78, 5) is 26.1. The molecule has 31 heavy (non-hydrogen) atoms. The third-order valence-electron chi connectivity index (χ3n) is 5.21. The molecule has 3 rings (SSSR count). The second kappa shape index (κ2) is 9.70. The summed E-state index contributed by atoms with van der Waals surface area (Å²) in [6.07, 6.45) is 0.0554. The van der Waals surface area contributed by atoms with Gasteiger partial charge in [-0.2, -0.15) is 0 Å². The molecule has 166 valence electrons. The Bertz CT molecular complexity index is 986. The lowest BCUT2D eigenvalue weighted by molar-refractivity contribution is 0.0518. The van der Waals surface area contributed by atoms with Crippen LogP contribution in [0.15, 0.2) is 24.3 Å². The summed E-state index contributed by atoms with van der Waals surface area (Å²) in [6, 6.07) is 6.84. The van der Waals surface area contributed by atoms with Crippen LogP contribution in [-0.4, -0.2) is 46.4 Å². The predicted octanol–water partition coefficient (Wildman–Crippen LogP) is 3.32. The van der Waals surface area contributed by atoms with E-state index < -0.39 is 5.97 Å². The van der Waals surface area contributed by atoms with Crippen LogP contribution in [0.4, 0.5) is 0 Å². The molecule has 8 heteroatoms. The third kappa shape index (κ3) is 4.44. The summed E-state index contributed by atoms with van der Waals surface area (Å²) in [5.74, 6) is 0.846. The number of Topliss-reactive ketones (excluding diaryl/α,β-unsaturated/α-hetero) is 1. The van der Waals surface area contributed by atoms with E-state index in [4.69, 9.17) is 23.7 Å². The van der Waals surface area contributed by atoms with E-state index in [0.29, 0.717) is 17.2 Å². The van der Waals surface area contributed by atoms with E-state index in [9.17, 15) is 9.59 Å². The van der Waals surface area contributed by atoms with Crippen LogP contribution in [0.2, 0.25) is 0 Å². The maximum absolute atomic E-state index is 13.4. The van der Waals surface area contributed by atoms with Crippen LogP contribution in [0.3, 0.4) is 0 Å². The zero-order valence-corrected chi connectivity index (χ0v) is 18.4. The quantitative estimate of drug-likeness (QED) is 0.479. The van der Waals surface area contributed by atoms with E-state index in [1.165, 1.54) is 14.2 Å². The Morgan fingerprint density at radius 1 is 1.13 bits per heavy atom. The second-order valence-electron chi connectivity index (χ2n) is 6.96. The van der Waals surface area contributed by atoms with E-state index in [1.54, 1.807) is 19.1 Å². The molecule has 0 spiro atoms. The van der Waals surface area contributed by atoms with Crippen molar-refractivity contribution in [3.05, 3.63) is 46.5 Å². The smallest absolute Gasteiger partial charge is 0.342 e. The van der Waals surface area contributed by atoms with Crippen molar-refractivity contribution in [1.82, 2.24) is 5.32 Å². The number of esters is 1. The zero-order valence-electron chi connectivity index (χ0n) is 18.4. The zero-order chi connectivity index (χ0) is 22.5.